The average molecular weight is 558 g/mol. The third-order valence-electron chi connectivity index (χ3n) is 6.10. The van der Waals surface area contributed by atoms with E-state index in [9.17, 15) is 19.5 Å². The molecule has 1 aromatic carbocycles. The standard InChI is InChI=1S/C27H31N3O6S2/c1-2-3-8-21(26(33)30(15-19-6-4-11-37-19)16-20-7-5-12-38-20)28-27(34)29-22(14-25(31)32)18-9-10-23-24(13-18)36-17-35-23/h4-7,9-13,21-22H,2-3,8,14-17H2,1H3,(H,31,32)(H2,28,29,34). The highest BCUT2D eigenvalue weighted by Gasteiger charge is 2.28. The molecule has 0 aliphatic carbocycles. The number of aliphatic carboxylic acids is 1. The van der Waals surface area contributed by atoms with Crippen LogP contribution in [0.25, 0.3) is 0 Å². The Hall–Kier alpha value is -3.57. The molecular weight excluding hydrogens is 526 g/mol. The number of unbranched alkanes of at least 4 members (excludes halogenated alkanes) is 1. The van der Waals surface area contributed by atoms with Crippen molar-refractivity contribution in [1.29, 1.82) is 0 Å². The lowest BCUT2D eigenvalue weighted by Gasteiger charge is -2.28. The summed E-state index contributed by atoms with van der Waals surface area (Å²) in [6, 6.07) is 10.8. The lowest BCUT2D eigenvalue weighted by Crippen LogP contribution is -2.51. The number of carboxylic acids is 1. The number of hydrogen-bond donors (Lipinski definition) is 3. The first kappa shape index (κ1) is 27.5. The van der Waals surface area contributed by atoms with Crippen molar-refractivity contribution >= 4 is 40.6 Å². The summed E-state index contributed by atoms with van der Waals surface area (Å²) in [7, 11) is 0. The predicted molar refractivity (Wildman–Crippen MR) is 145 cm³/mol. The van der Waals surface area contributed by atoms with Crippen LogP contribution < -0.4 is 20.1 Å². The van der Waals surface area contributed by atoms with E-state index < -0.39 is 24.1 Å². The number of hydrogen-bond acceptors (Lipinski definition) is 7. The Morgan fingerprint density at radius 2 is 1.68 bits per heavy atom. The van der Waals surface area contributed by atoms with E-state index in [-0.39, 0.29) is 19.1 Å². The molecule has 0 bridgehead atoms. The van der Waals surface area contributed by atoms with E-state index in [1.165, 1.54) is 0 Å². The molecule has 9 nitrogen and oxygen atoms in total. The number of rotatable bonds is 13. The van der Waals surface area contributed by atoms with Gasteiger partial charge in [-0.2, -0.15) is 0 Å². The monoisotopic (exact) mass is 557 g/mol. The second-order valence-electron chi connectivity index (χ2n) is 8.93. The van der Waals surface area contributed by atoms with Crippen LogP contribution >= 0.6 is 22.7 Å². The molecule has 38 heavy (non-hydrogen) atoms. The minimum absolute atomic E-state index is 0.0883. The molecule has 3 amide bonds. The Morgan fingerprint density at radius 1 is 1.00 bits per heavy atom. The maximum Gasteiger partial charge on any atom is 0.315 e. The van der Waals surface area contributed by atoms with E-state index in [0.717, 1.165) is 22.6 Å². The van der Waals surface area contributed by atoms with Crippen LogP contribution in [0.4, 0.5) is 4.79 Å². The van der Waals surface area contributed by atoms with Crippen LogP contribution in [0, 0.1) is 0 Å². The number of benzene rings is 1. The molecule has 1 aliphatic heterocycles. The molecule has 1 aliphatic rings. The molecule has 0 saturated heterocycles. The van der Waals surface area contributed by atoms with E-state index in [1.54, 1.807) is 45.8 Å². The summed E-state index contributed by atoms with van der Waals surface area (Å²) in [5, 5.41) is 19.0. The SMILES string of the molecule is CCCCC(NC(=O)NC(CC(=O)O)c1ccc2c(c1)OCO2)C(=O)N(Cc1cccs1)Cc1cccs1. The number of carbonyl (C=O) groups is 3. The molecule has 202 valence electrons. The van der Waals surface area contributed by atoms with Gasteiger partial charge in [0.05, 0.1) is 25.6 Å². The highest BCUT2D eigenvalue weighted by molar-refractivity contribution is 7.10. The molecule has 3 heterocycles. The van der Waals surface area contributed by atoms with Gasteiger partial charge in [0.15, 0.2) is 11.5 Å². The van der Waals surface area contributed by atoms with Crippen LogP contribution in [0.15, 0.2) is 53.2 Å². The number of ether oxygens (including phenoxy) is 2. The van der Waals surface area contributed by atoms with Gasteiger partial charge in [-0.1, -0.05) is 38.0 Å². The minimum atomic E-state index is -1.07. The van der Waals surface area contributed by atoms with E-state index in [1.807, 2.05) is 41.9 Å². The van der Waals surface area contributed by atoms with Crippen molar-refractivity contribution in [2.45, 2.75) is 57.8 Å². The Bertz CT molecular complexity index is 1180. The summed E-state index contributed by atoms with van der Waals surface area (Å²) in [5.41, 5.74) is 0.570. The highest BCUT2D eigenvalue weighted by atomic mass is 32.1. The molecule has 3 aromatic rings. The normalized spacial score (nSPS) is 13.5. The average Bonchev–Trinajstić information content (AvgIpc) is 3.68. The molecule has 0 radical (unpaired) electrons. The van der Waals surface area contributed by atoms with Gasteiger partial charge in [0.1, 0.15) is 6.04 Å². The van der Waals surface area contributed by atoms with Crippen LogP contribution in [-0.2, 0) is 22.7 Å². The molecule has 2 aromatic heterocycles. The summed E-state index contributed by atoms with van der Waals surface area (Å²) in [6.45, 7) is 3.00. The molecule has 0 spiro atoms. The summed E-state index contributed by atoms with van der Waals surface area (Å²) in [4.78, 5) is 42.4. The number of carbonyl (C=O) groups excluding carboxylic acids is 2. The van der Waals surface area contributed by atoms with Gasteiger partial charge >= 0.3 is 12.0 Å². The van der Waals surface area contributed by atoms with Gasteiger partial charge in [0, 0.05) is 9.75 Å². The number of amides is 3. The third-order valence-corrected chi connectivity index (χ3v) is 7.82. The van der Waals surface area contributed by atoms with Crippen molar-refractivity contribution in [2.75, 3.05) is 6.79 Å². The zero-order valence-electron chi connectivity index (χ0n) is 21.1. The zero-order chi connectivity index (χ0) is 26.9. The molecule has 2 unspecified atom stereocenters. The summed E-state index contributed by atoms with van der Waals surface area (Å²) in [6.07, 6.45) is 1.76. The molecule has 3 N–H and O–H groups in total. The summed E-state index contributed by atoms with van der Waals surface area (Å²) < 4.78 is 10.7. The number of nitrogens with zero attached hydrogens (tertiary/aromatic N) is 1. The first-order valence-electron chi connectivity index (χ1n) is 12.4. The fourth-order valence-corrected chi connectivity index (χ4v) is 5.63. The fourth-order valence-electron chi connectivity index (χ4n) is 4.19. The van der Waals surface area contributed by atoms with Crippen LogP contribution in [0.1, 0.15) is 54.0 Å². The van der Waals surface area contributed by atoms with Crippen molar-refractivity contribution < 1.29 is 29.0 Å². The Morgan fingerprint density at radius 3 is 2.29 bits per heavy atom. The first-order chi connectivity index (χ1) is 18.4. The van der Waals surface area contributed by atoms with Gasteiger partial charge in [-0.25, -0.2) is 4.79 Å². The zero-order valence-corrected chi connectivity index (χ0v) is 22.7. The molecular formula is C27H31N3O6S2. The molecule has 11 heteroatoms. The largest absolute Gasteiger partial charge is 0.481 e. The highest BCUT2D eigenvalue weighted by Crippen LogP contribution is 2.34. The lowest BCUT2D eigenvalue weighted by atomic mass is 10.0. The van der Waals surface area contributed by atoms with E-state index in [0.29, 0.717) is 36.6 Å². The fraction of sp³-hybridized carbons (Fsp3) is 0.370. The number of carboxylic acid groups (broad SMARTS) is 1. The van der Waals surface area contributed by atoms with Crippen molar-refractivity contribution in [1.82, 2.24) is 15.5 Å². The molecule has 0 saturated carbocycles. The maximum absolute atomic E-state index is 13.8. The van der Waals surface area contributed by atoms with E-state index in [2.05, 4.69) is 10.6 Å². The Balaban J connectivity index is 1.49. The quantitative estimate of drug-likeness (QED) is 0.268. The Labute approximate surface area is 229 Å². The van der Waals surface area contributed by atoms with Crippen molar-refractivity contribution in [3.63, 3.8) is 0 Å². The van der Waals surface area contributed by atoms with Gasteiger partial charge in [0.25, 0.3) is 0 Å². The smallest absolute Gasteiger partial charge is 0.315 e. The van der Waals surface area contributed by atoms with Crippen molar-refractivity contribution in [3.8, 4) is 11.5 Å². The number of urea groups is 1. The second kappa shape index (κ2) is 13.3. The Kier molecular flexibility index (Phi) is 9.61. The van der Waals surface area contributed by atoms with Crippen LogP contribution in [0.3, 0.4) is 0 Å². The predicted octanol–water partition coefficient (Wildman–Crippen LogP) is 5.14. The summed E-state index contributed by atoms with van der Waals surface area (Å²) >= 11 is 3.16. The molecule has 0 fully saturated rings. The minimum Gasteiger partial charge on any atom is -0.481 e. The van der Waals surface area contributed by atoms with Crippen molar-refractivity contribution in [3.05, 3.63) is 68.5 Å². The van der Waals surface area contributed by atoms with Crippen molar-refractivity contribution in [2.24, 2.45) is 0 Å². The van der Waals surface area contributed by atoms with Crippen LogP contribution in [-0.4, -0.2) is 40.7 Å². The topological polar surface area (TPSA) is 117 Å². The van der Waals surface area contributed by atoms with Gasteiger partial charge in [-0.05, 0) is 47.0 Å². The molecule has 4 rings (SSSR count). The first-order valence-corrected chi connectivity index (χ1v) is 14.2. The lowest BCUT2D eigenvalue weighted by molar-refractivity contribution is -0.137. The van der Waals surface area contributed by atoms with Gasteiger partial charge in [0.2, 0.25) is 12.7 Å². The van der Waals surface area contributed by atoms with Crippen LogP contribution in [0.5, 0.6) is 11.5 Å². The van der Waals surface area contributed by atoms with Gasteiger partial charge < -0.3 is 30.1 Å². The second-order valence-corrected chi connectivity index (χ2v) is 11.0. The number of nitrogens with one attached hydrogen (secondary N) is 2. The maximum atomic E-state index is 13.8. The van der Waals surface area contributed by atoms with E-state index >= 15 is 0 Å². The number of thiophene rings is 2. The van der Waals surface area contributed by atoms with Gasteiger partial charge in [-0.15, -0.1) is 22.7 Å². The third kappa shape index (κ3) is 7.48. The summed E-state index contributed by atoms with van der Waals surface area (Å²) in [5.74, 6) is -0.180. The van der Waals surface area contributed by atoms with E-state index in [4.69, 9.17) is 9.47 Å². The molecule has 2 atom stereocenters. The number of fused-ring (bicyclic) bond motifs is 1. The van der Waals surface area contributed by atoms with Crippen LogP contribution in [0.2, 0.25) is 0 Å². The van der Waals surface area contributed by atoms with Gasteiger partial charge in [-0.3, -0.25) is 9.59 Å².